The van der Waals surface area contributed by atoms with Crippen molar-refractivity contribution in [2.45, 2.75) is 17.9 Å². The van der Waals surface area contributed by atoms with Gasteiger partial charge in [0.15, 0.2) is 0 Å². The summed E-state index contributed by atoms with van der Waals surface area (Å²) in [5, 5.41) is 0. The van der Waals surface area contributed by atoms with E-state index in [-0.39, 0.29) is 17.0 Å². The van der Waals surface area contributed by atoms with Crippen molar-refractivity contribution < 1.29 is 22.7 Å². The molecule has 2 aromatic rings. The highest BCUT2D eigenvalue weighted by Gasteiger charge is 2.30. The summed E-state index contributed by atoms with van der Waals surface area (Å²) < 4.78 is 36.8. The van der Waals surface area contributed by atoms with Crippen LogP contribution in [0.3, 0.4) is 0 Å². The highest BCUT2D eigenvalue weighted by Crippen LogP contribution is 2.31. The molecule has 2 heterocycles. The molecule has 1 saturated heterocycles. The molecule has 0 amide bonds. The number of carbonyl (C=O) groups is 1. The molecule has 8 heteroatoms. The lowest BCUT2D eigenvalue weighted by molar-refractivity contribution is -0.137. The summed E-state index contributed by atoms with van der Waals surface area (Å²) in [6.07, 6.45) is 3.07. The summed E-state index contributed by atoms with van der Waals surface area (Å²) in [7, 11) is -2.00. The topological polar surface area (TPSA) is 76.2 Å². The summed E-state index contributed by atoms with van der Waals surface area (Å²) in [6.45, 7) is 3.05. The number of esters is 1. The van der Waals surface area contributed by atoms with Crippen LogP contribution in [-0.2, 0) is 24.3 Å². The fourth-order valence-electron chi connectivity index (χ4n) is 2.49. The summed E-state index contributed by atoms with van der Waals surface area (Å²) in [5.74, 6) is -0.386. The van der Waals surface area contributed by atoms with Crippen molar-refractivity contribution >= 4 is 33.4 Å². The first kappa shape index (κ1) is 19.8. The molecule has 6 nitrogen and oxygen atoms in total. The maximum atomic E-state index is 12.7. The number of hydrogen-bond acceptors (Lipinski definition) is 6. The second-order valence-electron chi connectivity index (χ2n) is 6.06. The first-order valence-electron chi connectivity index (χ1n) is 8.53. The van der Waals surface area contributed by atoms with Gasteiger partial charge in [-0.1, -0.05) is 12.1 Å². The average Bonchev–Trinajstić information content (AvgIpc) is 3.33. The highest BCUT2D eigenvalue weighted by atomic mass is 32.2. The van der Waals surface area contributed by atoms with Crippen LogP contribution in [0.4, 0.5) is 0 Å². The normalized spacial score (nSPS) is 16.8. The first-order valence-corrected chi connectivity index (χ1v) is 10.8. The van der Waals surface area contributed by atoms with Crippen molar-refractivity contribution in [2.24, 2.45) is 0 Å². The van der Waals surface area contributed by atoms with Gasteiger partial charge in [0.2, 0.25) is 10.0 Å². The molecule has 0 aliphatic carbocycles. The van der Waals surface area contributed by atoms with E-state index in [9.17, 15) is 13.2 Å². The van der Waals surface area contributed by atoms with Gasteiger partial charge < -0.3 is 9.47 Å². The Kier molecular flexibility index (Phi) is 6.11. The molecule has 144 valence electrons. The standard InChI is InChI=1S/C19H21NO5S2/c1-3-24-19(21)10-8-16-7-9-18(26-16)14-5-4-6-17(11-14)27(22,23)20(2)12-15-13-25-15/h4-11,15H,3,12-13H2,1-2H3/b10-8+. The molecule has 1 aliphatic heterocycles. The van der Waals surface area contributed by atoms with Gasteiger partial charge in [0.25, 0.3) is 0 Å². The minimum Gasteiger partial charge on any atom is -0.463 e. The van der Waals surface area contributed by atoms with Crippen LogP contribution >= 0.6 is 11.3 Å². The number of likely N-dealkylation sites (N-methyl/N-ethyl adjacent to an activating group) is 1. The Morgan fingerprint density at radius 3 is 2.85 bits per heavy atom. The van der Waals surface area contributed by atoms with Crippen LogP contribution in [0, 0.1) is 0 Å². The smallest absolute Gasteiger partial charge is 0.330 e. The van der Waals surface area contributed by atoms with E-state index in [1.165, 1.54) is 21.7 Å². The maximum absolute atomic E-state index is 12.7. The van der Waals surface area contributed by atoms with Crippen molar-refractivity contribution in [3.8, 4) is 10.4 Å². The van der Waals surface area contributed by atoms with E-state index < -0.39 is 10.0 Å². The van der Waals surface area contributed by atoms with E-state index in [4.69, 9.17) is 9.47 Å². The zero-order valence-electron chi connectivity index (χ0n) is 15.1. The number of sulfonamides is 1. The number of nitrogens with zero attached hydrogens (tertiary/aromatic N) is 1. The number of epoxide rings is 1. The minimum atomic E-state index is -3.56. The molecule has 3 rings (SSSR count). The third kappa shape index (κ3) is 5.04. The molecule has 1 fully saturated rings. The lowest BCUT2D eigenvalue weighted by atomic mass is 10.2. The molecule has 1 atom stereocenters. The maximum Gasteiger partial charge on any atom is 0.330 e. The SMILES string of the molecule is CCOC(=O)/C=C/c1ccc(-c2cccc(S(=O)(=O)N(C)CC3CO3)c2)s1. The Balaban J connectivity index is 1.78. The van der Waals surface area contributed by atoms with E-state index >= 15 is 0 Å². The van der Waals surface area contributed by atoms with Crippen molar-refractivity contribution in [1.82, 2.24) is 4.31 Å². The van der Waals surface area contributed by atoms with E-state index in [0.717, 1.165) is 15.3 Å². The molecule has 1 unspecified atom stereocenters. The largest absolute Gasteiger partial charge is 0.463 e. The third-order valence-corrected chi connectivity index (χ3v) is 6.91. The predicted octanol–water partition coefficient (Wildman–Crippen LogP) is 3.01. The summed E-state index contributed by atoms with van der Waals surface area (Å²) >= 11 is 1.47. The van der Waals surface area contributed by atoms with Crippen molar-refractivity contribution in [3.05, 3.63) is 47.4 Å². The molecule has 1 aromatic carbocycles. The molecule has 0 saturated carbocycles. The third-order valence-electron chi connectivity index (χ3n) is 3.99. The van der Waals surface area contributed by atoms with Gasteiger partial charge >= 0.3 is 5.97 Å². The van der Waals surface area contributed by atoms with Gasteiger partial charge in [-0.05, 0) is 42.8 Å². The molecule has 27 heavy (non-hydrogen) atoms. The zero-order chi connectivity index (χ0) is 19.4. The summed E-state index contributed by atoms with van der Waals surface area (Å²) in [4.78, 5) is 13.5. The Bertz CT molecular complexity index is 945. The predicted molar refractivity (Wildman–Crippen MR) is 105 cm³/mol. The van der Waals surface area contributed by atoms with Crippen molar-refractivity contribution in [1.29, 1.82) is 0 Å². The monoisotopic (exact) mass is 407 g/mol. The molecule has 0 spiro atoms. The van der Waals surface area contributed by atoms with E-state index in [2.05, 4.69) is 0 Å². The molecular weight excluding hydrogens is 386 g/mol. The van der Waals surface area contributed by atoms with Crippen LogP contribution in [0.2, 0.25) is 0 Å². The van der Waals surface area contributed by atoms with Crippen LogP contribution in [0.1, 0.15) is 11.8 Å². The molecule has 0 radical (unpaired) electrons. The lowest BCUT2D eigenvalue weighted by Gasteiger charge is -2.16. The number of thiophene rings is 1. The molecule has 1 aliphatic rings. The Morgan fingerprint density at radius 2 is 2.15 bits per heavy atom. The molecule has 1 aromatic heterocycles. The number of benzene rings is 1. The van der Waals surface area contributed by atoms with Gasteiger partial charge in [0.1, 0.15) is 0 Å². The van der Waals surface area contributed by atoms with Gasteiger partial charge in [-0.25, -0.2) is 13.2 Å². The summed E-state index contributed by atoms with van der Waals surface area (Å²) in [5.41, 5.74) is 0.813. The minimum absolute atomic E-state index is 0.000928. The Morgan fingerprint density at radius 1 is 1.37 bits per heavy atom. The second kappa shape index (κ2) is 8.35. The fraction of sp³-hybridized carbons (Fsp3) is 0.316. The van der Waals surface area contributed by atoms with Crippen molar-refractivity contribution in [2.75, 3.05) is 26.8 Å². The van der Waals surface area contributed by atoms with Gasteiger partial charge in [-0.2, -0.15) is 4.31 Å². The van der Waals surface area contributed by atoms with Gasteiger partial charge in [-0.15, -0.1) is 11.3 Å². The van der Waals surface area contributed by atoms with Gasteiger partial charge in [0.05, 0.1) is 24.2 Å². The summed E-state index contributed by atoms with van der Waals surface area (Å²) in [6, 6.07) is 10.7. The Hall–Kier alpha value is -2.00. The van der Waals surface area contributed by atoms with Crippen LogP contribution in [0.15, 0.2) is 47.4 Å². The van der Waals surface area contributed by atoms with Crippen LogP contribution < -0.4 is 0 Å². The Labute approximate surface area is 163 Å². The van der Waals surface area contributed by atoms with Crippen molar-refractivity contribution in [3.63, 3.8) is 0 Å². The molecule has 0 N–H and O–H groups in total. The van der Waals surface area contributed by atoms with Crippen LogP contribution in [0.25, 0.3) is 16.5 Å². The zero-order valence-corrected chi connectivity index (χ0v) is 16.8. The van der Waals surface area contributed by atoms with Crippen LogP contribution in [0.5, 0.6) is 0 Å². The van der Waals surface area contributed by atoms with E-state index in [0.29, 0.717) is 19.8 Å². The quantitative estimate of drug-likeness (QED) is 0.382. The highest BCUT2D eigenvalue weighted by molar-refractivity contribution is 7.89. The van der Waals surface area contributed by atoms with E-state index in [1.54, 1.807) is 38.2 Å². The number of ether oxygens (including phenoxy) is 2. The lowest BCUT2D eigenvalue weighted by Crippen LogP contribution is -2.30. The molecular formula is C19H21NO5S2. The fourth-order valence-corrected chi connectivity index (χ4v) is 4.64. The average molecular weight is 408 g/mol. The number of rotatable bonds is 8. The van der Waals surface area contributed by atoms with Gasteiger partial charge in [0, 0.05) is 29.4 Å². The molecule has 0 bridgehead atoms. The second-order valence-corrected chi connectivity index (χ2v) is 9.22. The van der Waals surface area contributed by atoms with Gasteiger partial charge in [-0.3, -0.25) is 0 Å². The first-order chi connectivity index (χ1) is 12.9. The number of hydrogen-bond donors (Lipinski definition) is 0. The van der Waals surface area contributed by atoms with Crippen LogP contribution in [-0.4, -0.2) is 51.6 Å². The van der Waals surface area contributed by atoms with E-state index in [1.807, 2.05) is 18.2 Å². The number of carbonyl (C=O) groups excluding carboxylic acids is 1.